The van der Waals surface area contributed by atoms with Crippen LogP contribution in [0.5, 0.6) is 11.5 Å². The van der Waals surface area contributed by atoms with Gasteiger partial charge in [-0.1, -0.05) is 43.3 Å². The van der Waals surface area contributed by atoms with E-state index >= 15 is 0 Å². The molecule has 0 spiro atoms. The van der Waals surface area contributed by atoms with Crippen LogP contribution in [0.25, 0.3) is 0 Å². The highest BCUT2D eigenvalue weighted by molar-refractivity contribution is 5.48. The molecule has 1 fully saturated rings. The average molecular weight is 482 g/mol. The summed E-state index contributed by atoms with van der Waals surface area (Å²) in [5.41, 5.74) is 0.201. The van der Waals surface area contributed by atoms with Gasteiger partial charge in [0.2, 0.25) is 13.3 Å². The highest BCUT2D eigenvalue weighted by Gasteiger charge is 2.52. The predicted molar refractivity (Wildman–Crippen MR) is 127 cm³/mol. The Labute approximate surface area is 205 Å². The van der Waals surface area contributed by atoms with Gasteiger partial charge in [-0.15, -0.1) is 0 Å². The Bertz CT molecular complexity index is 1100. The first kappa shape index (κ1) is 24.9. The lowest BCUT2D eigenvalue weighted by molar-refractivity contribution is -0.491. The first-order chi connectivity index (χ1) is 16.7. The van der Waals surface area contributed by atoms with Gasteiger partial charge in [0.05, 0.1) is 24.6 Å². The van der Waals surface area contributed by atoms with E-state index in [0.717, 1.165) is 5.56 Å². The van der Waals surface area contributed by atoms with E-state index in [1.54, 1.807) is 18.2 Å². The molecule has 0 saturated carbocycles. The van der Waals surface area contributed by atoms with Crippen molar-refractivity contribution in [3.8, 4) is 17.6 Å². The third-order valence-corrected chi connectivity index (χ3v) is 6.98. The van der Waals surface area contributed by atoms with Crippen LogP contribution in [-0.2, 0) is 15.0 Å². The Hall–Kier alpha value is -3.19. The van der Waals surface area contributed by atoms with Gasteiger partial charge in [-0.2, -0.15) is 5.26 Å². The second-order valence-electron chi connectivity index (χ2n) is 9.40. The zero-order chi connectivity index (χ0) is 25.2. The summed E-state index contributed by atoms with van der Waals surface area (Å²) >= 11 is 0. The number of likely N-dealkylation sites (N-methyl/N-ethyl adjacent to an activating group) is 1. The molecule has 0 amide bonds. The largest absolute Gasteiger partial charge is 0.454 e. The van der Waals surface area contributed by atoms with Gasteiger partial charge in [0.15, 0.2) is 17.3 Å². The molecule has 35 heavy (non-hydrogen) atoms. The molecule has 4 atom stereocenters. The van der Waals surface area contributed by atoms with Crippen LogP contribution in [0.3, 0.4) is 0 Å². The number of nitriles is 1. The molecular weight excluding hydrogens is 450 g/mol. The zero-order valence-electron chi connectivity index (χ0n) is 20.5. The van der Waals surface area contributed by atoms with E-state index in [1.165, 1.54) is 0 Å². The van der Waals surface area contributed by atoms with Crippen molar-refractivity contribution in [2.24, 2.45) is 5.92 Å². The van der Waals surface area contributed by atoms with Crippen LogP contribution in [0, 0.1) is 27.4 Å². The minimum absolute atomic E-state index is 0.0930. The average Bonchev–Trinajstić information content (AvgIpc) is 3.32. The number of fused-ring (bicyclic) bond motifs is 1. The van der Waals surface area contributed by atoms with Gasteiger partial charge in [0.25, 0.3) is 0 Å². The fourth-order valence-corrected chi connectivity index (χ4v) is 5.13. The highest BCUT2D eigenvalue weighted by atomic mass is 16.7. The summed E-state index contributed by atoms with van der Waals surface area (Å²) in [7, 11) is 1.82. The van der Waals surface area contributed by atoms with Crippen molar-refractivity contribution in [2.45, 2.75) is 50.7 Å². The van der Waals surface area contributed by atoms with Gasteiger partial charge in [0.1, 0.15) is 11.6 Å². The van der Waals surface area contributed by atoms with Crippen molar-refractivity contribution in [1.82, 2.24) is 4.90 Å². The van der Waals surface area contributed by atoms with Crippen LogP contribution in [0.15, 0.2) is 48.5 Å². The van der Waals surface area contributed by atoms with Crippen molar-refractivity contribution in [2.75, 3.05) is 27.0 Å². The molecule has 2 heterocycles. The van der Waals surface area contributed by atoms with Gasteiger partial charge < -0.3 is 18.9 Å². The number of nitro groups is 1. The molecule has 4 rings (SSSR count). The van der Waals surface area contributed by atoms with E-state index < -0.39 is 29.4 Å². The number of rotatable bonds is 8. The number of ether oxygens (including phenoxy) is 4. The standard InChI is InChI=1S/C26H31N3O6/c1-5-19(14-29(30)31)26(16-27,20-11-12-22-23(13-20)33-17-32-22)28(4)21-15-34-25(2,3)35-24(21)18-9-7-6-8-10-18/h6-13,19,21,24H,5,14-15,17H2,1-4H3/t19-,21-,24-,26+/m0/s1. The van der Waals surface area contributed by atoms with Gasteiger partial charge in [-0.3, -0.25) is 15.0 Å². The Morgan fingerprint density at radius 1 is 1.23 bits per heavy atom. The van der Waals surface area contributed by atoms with Gasteiger partial charge in [0, 0.05) is 4.92 Å². The summed E-state index contributed by atoms with van der Waals surface area (Å²) in [6, 6.07) is 17.2. The maximum absolute atomic E-state index is 11.7. The fourth-order valence-electron chi connectivity index (χ4n) is 5.13. The summed E-state index contributed by atoms with van der Waals surface area (Å²) in [5.74, 6) is -0.335. The minimum atomic E-state index is -1.35. The van der Waals surface area contributed by atoms with Crippen molar-refractivity contribution >= 4 is 0 Å². The molecule has 9 nitrogen and oxygen atoms in total. The first-order valence-corrected chi connectivity index (χ1v) is 11.7. The molecule has 0 radical (unpaired) electrons. The van der Waals surface area contributed by atoms with Gasteiger partial charge in [-0.05, 0) is 50.6 Å². The summed E-state index contributed by atoms with van der Waals surface area (Å²) in [6.07, 6.45) is 0.00304. The second-order valence-corrected chi connectivity index (χ2v) is 9.40. The molecule has 2 aliphatic rings. The fraction of sp³-hybridized carbons (Fsp3) is 0.500. The molecule has 0 N–H and O–H groups in total. The Kier molecular flexibility index (Phi) is 6.99. The van der Waals surface area contributed by atoms with E-state index in [-0.39, 0.29) is 24.9 Å². The van der Waals surface area contributed by atoms with E-state index in [0.29, 0.717) is 23.5 Å². The molecule has 0 unspecified atom stereocenters. The van der Waals surface area contributed by atoms with E-state index in [9.17, 15) is 15.4 Å². The van der Waals surface area contributed by atoms with Crippen LogP contribution in [0.2, 0.25) is 0 Å². The third-order valence-electron chi connectivity index (χ3n) is 6.98. The SMILES string of the molecule is CC[C@@H](C[N+](=O)[O-])[C@](C#N)(c1ccc2c(c1)OCO2)N(C)[C@H]1COC(C)(C)O[C@H]1c1ccccc1. The number of benzene rings is 2. The van der Waals surface area contributed by atoms with Crippen molar-refractivity contribution in [1.29, 1.82) is 5.26 Å². The van der Waals surface area contributed by atoms with Crippen molar-refractivity contribution < 1.29 is 23.9 Å². The van der Waals surface area contributed by atoms with Crippen molar-refractivity contribution in [3.05, 3.63) is 69.8 Å². The maximum Gasteiger partial charge on any atom is 0.231 e. The van der Waals surface area contributed by atoms with Crippen LogP contribution in [0.1, 0.15) is 44.4 Å². The lowest BCUT2D eigenvalue weighted by Crippen LogP contribution is -2.60. The first-order valence-electron chi connectivity index (χ1n) is 11.7. The summed E-state index contributed by atoms with van der Waals surface area (Å²) in [4.78, 5) is 13.2. The van der Waals surface area contributed by atoms with Gasteiger partial charge >= 0.3 is 0 Å². The molecule has 2 aromatic rings. The van der Waals surface area contributed by atoms with Gasteiger partial charge in [-0.25, -0.2) is 0 Å². The van der Waals surface area contributed by atoms with Crippen LogP contribution in [-0.4, -0.2) is 48.6 Å². The molecule has 0 aliphatic carbocycles. The number of nitrogens with zero attached hydrogens (tertiary/aromatic N) is 3. The molecule has 2 aliphatic heterocycles. The quantitative estimate of drug-likeness (QED) is 0.407. The monoisotopic (exact) mass is 481 g/mol. The van der Waals surface area contributed by atoms with E-state index in [4.69, 9.17) is 18.9 Å². The summed E-state index contributed by atoms with van der Waals surface area (Å²) in [6.45, 7) is 5.60. The lowest BCUT2D eigenvalue weighted by Gasteiger charge is -2.50. The third kappa shape index (κ3) is 4.69. The summed E-state index contributed by atoms with van der Waals surface area (Å²) in [5, 5.41) is 22.5. The van der Waals surface area contributed by atoms with Crippen LogP contribution in [0.4, 0.5) is 0 Å². The Morgan fingerprint density at radius 3 is 2.60 bits per heavy atom. The molecular formula is C26H31N3O6. The smallest absolute Gasteiger partial charge is 0.231 e. The molecule has 0 bridgehead atoms. The zero-order valence-corrected chi connectivity index (χ0v) is 20.5. The number of hydrogen-bond donors (Lipinski definition) is 0. The Balaban J connectivity index is 1.84. The maximum atomic E-state index is 11.7. The number of hydrogen-bond acceptors (Lipinski definition) is 8. The molecule has 0 aromatic heterocycles. The lowest BCUT2D eigenvalue weighted by atomic mass is 9.74. The second kappa shape index (κ2) is 9.82. The van der Waals surface area contributed by atoms with E-state index in [2.05, 4.69) is 6.07 Å². The predicted octanol–water partition coefficient (Wildman–Crippen LogP) is 4.26. The minimum Gasteiger partial charge on any atom is -0.454 e. The molecule has 9 heteroatoms. The van der Waals surface area contributed by atoms with Crippen LogP contribution >= 0.6 is 0 Å². The topological polar surface area (TPSA) is 107 Å². The van der Waals surface area contributed by atoms with Crippen molar-refractivity contribution in [3.63, 3.8) is 0 Å². The Morgan fingerprint density at radius 2 is 1.94 bits per heavy atom. The molecule has 186 valence electrons. The normalized spacial score (nSPS) is 23.3. The summed E-state index contributed by atoms with van der Waals surface area (Å²) < 4.78 is 23.5. The van der Waals surface area contributed by atoms with Crippen LogP contribution < -0.4 is 9.47 Å². The molecule has 1 saturated heterocycles. The van der Waals surface area contributed by atoms with E-state index in [1.807, 2.05) is 63.1 Å². The highest BCUT2D eigenvalue weighted by Crippen LogP contribution is 2.46. The molecule has 2 aromatic carbocycles.